The number of halogens is 1. The molecule has 0 amide bonds. The Morgan fingerprint density at radius 2 is 2.10 bits per heavy atom. The first-order valence-electron chi connectivity index (χ1n) is 7.26. The molecule has 0 radical (unpaired) electrons. The summed E-state index contributed by atoms with van der Waals surface area (Å²) < 4.78 is 12.6. The number of fused-ring (bicyclic) bond motifs is 1. The fourth-order valence-corrected chi connectivity index (χ4v) is 3.63. The Morgan fingerprint density at radius 3 is 2.76 bits per heavy atom. The van der Waals surface area contributed by atoms with Crippen LogP contribution in [0.4, 0.5) is 0 Å². The van der Waals surface area contributed by atoms with Gasteiger partial charge in [0.25, 0.3) is 0 Å². The van der Waals surface area contributed by atoms with E-state index in [4.69, 9.17) is 9.15 Å². The Kier molecular flexibility index (Phi) is 4.09. The highest BCUT2D eigenvalue weighted by Gasteiger charge is 2.22. The van der Waals surface area contributed by atoms with Gasteiger partial charge in [-0.3, -0.25) is 0 Å². The van der Waals surface area contributed by atoms with Gasteiger partial charge in [0.15, 0.2) is 0 Å². The summed E-state index contributed by atoms with van der Waals surface area (Å²) in [7, 11) is 1.99. The highest BCUT2D eigenvalue weighted by Crippen LogP contribution is 2.36. The van der Waals surface area contributed by atoms with Gasteiger partial charge in [-0.15, -0.1) is 0 Å². The number of likely N-dealkylation sites (N-methyl/N-ethyl adjacent to an activating group) is 1. The lowest BCUT2D eigenvalue weighted by molar-refractivity contribution is 0.352. The molecule has 1 atom stereocenters. The van der Waals surface area contributed by atoms with Crippen molar-refractivity contribution < 1.29 is 9.15 Å². The number of rotatable bonds is 4. The molecule has 3 nitrogen and oxygen atoms in total. The Morgan fingerprint density at radius 1 is 1.29 bits per heavy atom. The van der Waals surface area contributed by atoms with E-state index in [1.165, 1.54) is 16.7 Å². The van der Waals surface area contributed by atoms with Gasteiger partial charge in [-0.05, 0) is 56.6 Å². The lowest BCUT2D eigenvalue weighted by atomic mass is 9.97. The molecule has 1 aromatic carbocycles. The molecule has 1 N–H and O–H groups in total. The molecule has 0 saturated carbocycles. The Bertz CT molecular complexity index is 663. The van der Waals surface area contributed by atoms with E-state index in [2.05, 4.69) is 39.4 Å². The highest BCUT2D eigenvalue weighted by molar-refractivity contribution is 9.10. The zero-order chi connectivity index (χ0) is 15.0. The van der Waals surface area contributed by atoms with Crippen LogP contribution in [0.15, 0.2) is 27.1 Å². The molecule has 2 heterocycles. The molecule has 1 aliphatic heterocycles. The van der Waals surface area contributed by atoms with Crippen molar-refractivity contribution in [2.45, 2.75) is 32.7 Å². The van der Waals surface area contributed by atoms with Gasteiger partial charge in [-0.1, -0.05) is 15.9 Å². The molecule has 1 unspecified atom stereocenters. The summed E-state index contributed by atoms with van der Waals surface area (Å²) in [4.78, 5) is 0. The van der Waals surface area contributed by atoms with E-state index >= 15 is 0 Å². The number of hydrogen-bond acceptors (Lipinski definition) is 3. The summed E-state index contributed by atoms with van der Waals surface area (Å²) in [6.45, 7) is 4.80. The number of hydrogen-bond donors (Lipinski definition) is 1. The first kappa shape index (κ1) is 14.7. The van der Waals surface area contributed by atoms with E-state index in [9.17, 15) is 0 Å². The van der Waals surface area contributed by atoms with Crippen molar-refractivity contribution in [3.8, 4) is 5.75 Å². The normalized spacial score (nSPS) is 14.9. The van der Waals surface area contributed by atoms with E-state index in [1.54, 1.807) is 0 Å². The smallest absolute Gasteiger partial charge is 0.125 e. The summed E-state index contributed by atoms with van der Waals surface area (Å²) in [6.07, 6.45) is 1.88. The van der Waals surface area contributed by atoms with E-state index in [-0.39, 0.29) is 6.04 Å². The van der Waals surface area contributed by atoms with Crippen molar-refractivity contribution in [2.24, 2.45) is 0 Å². The second kappa shape index (κ2) is 5.85. The monoisotopic (exact) mass is 349 g/mol. The molecule has 112 valence electrons. The van der Waals surface area contributed by atoms with Gasteiger partial charge in [-0.2, -0.15) is 0 Å². The minimum absolute atomic E-state index is 0.227. The lowest BCUT2D eigenvalue weighted by Gasteiger charge is -2.18. The number of ether oxygens (including phenoxy) is 1. The summed E-state index contributed by atoms with van der Waals surface area (Å²) >= 11 is 3.61. The van der Waals surface area contributed by atoms with Gasteiger partial charge >= 0.3 is 0 Å². The molecule has 0 bridgehead atoms. The summed E-state index contributed by atoms with van der Waals surface area (Å²) in [5.41, 5.74) is 3.77. The van der Waals surface area contributed by atoms with Crippen molar-refractivity contribution in [3.05, 3.63) is 50.9 Å². The molecule has 21 heavy (non-hydrogen) atoms. The molecule has 1 aromatic heterocycles. The minimum atomic E-state index is 0.227. The predicted octanol–water partition coefficient (Wildman–Crippen LogP) is 4.10. The average Bonchev–Trinajstić information content (AvgIpc) is 3.02. The van der Waals surface area contributed by atoms with Crippen molar-refractivity contribution in [3.63, 3.8) is 0 Å². The van der Waals surface area contributed by atoms with Crippen LogP contribution in [-0.2, 0) is 12.8 Å². The molecule has 3 rings (SSSR count). The van der Waals surface area contributed by atoms with Gasteiger partial charge in [0.05, 0.1) is 6.61 Å². The number of aryl methyl sites for hydroxylation is 2. The Balaban J connectivity index is 1.93. The molecule has 0 fully saturated rings. The maximum atomic E-state index is 5.83. The summed E-state index contributed by atoms with van der Waals surface area (Å²) in [5.74, 6) is 3.01. The average molecular weight is 350 g/mol. The maximum absolute atomic E-state index is 5.83. The Labute approximate surface area is 133 Å². The molecular formula is C17H20BrNO2. The van der Waals surface area contributed by atoms with Gasteiger partial charge < -0.3 is 14.5 Å². The van der Waals surface area contributed by atoms with Crippen molar-refractivity contribution in [1.82, 2.24) is 5.32 Å². The third kappa shape index (κ3) is 2.87. The van der Waals surface area contributed by atoms with E-state index in [1.807, 2.05) is 20.9 Å². The highest BCUT2D eigenvalue weighted by atomic mass is 79.9. The van der Waals surface area contributed by atoms with E-state index in [0.29, 0.717) is 0 Å². The SMILES string of the molecule is CNC(Cc1cc(Br)cc2c1OCC2)c1cc(C)oc1C. The van der Waals surface area contributed by atoms with Gasteiger partial charge in [-0.25, -0.2) is 0 Å². The van der Waals surface area contributed by atoms with E-state index in [0.717, 1.165) is 41.2 Å². The quantitative estimate of drug-likeness (QED) is 0.902. The largest absolute Gasteiger partial charge is 0.493 e. The van der Waals surface area contributed by atoms with Crippen LogP contribution >= 0.6 is 15.9 Å². The third-order valence-electron chi connectivity index (χ3n) is 4.05. The van der Waals surface area contributed by atoms with E-state index < -0.39 is 0 Å². The van der Waals surface area contributed by atoms with Crippen molar-refractivity contribution >= 4 is 15.9 Å². The molecule has 4 heteroatoms. The molecule has 0 spiro atoms. The fraction of sp³-hybridized carbons (Fsp3) is 0.412. The molecular weight excluding hydrogens is 330 g/mol. The van der Waals surface area contributed by atoms with Crippen LogP contribution in [0.25, 0.3) is 0 Å². The first-order valence-corrected chi connectivity index (χ1v) is 8.06. The number of nitrogens with one attached hydrogen (secondary N) is 1. The molecule has 1 aliphatic rings. The topological polar surface area (TPSA) is 34.4 Å². The predicted molar refractivity (Wildman–Crippen MR) is 87.0 cm³/mol. The van der Waals surface area contributed by atoms with Crippen LogP contribution in [0.1, 0.15) is 34.3 Å². The Hall–Kier alpha value is -1.26. The fourth-order valence-electron chi connectivity index (χ4n) is 3.08. The second-order valence-corrected chi connectivity index (χ2v) is 6.48. The zero-order valence-corrected chi connectivity index (χ0v) is 14.2. The van der Waals surface area contributed by atoms with Gasteiger partial charge in [0.1, 0.15) is 17.3 Å². The minimum Gasteiger partial charge on any atom is -0.493 e. The maximum Gasteiger partial charge on any atom is 0.125 e. The van der Waals surface area contributed by atoms with Gasteiger partial charge in [0.2, 0.25) is 0 Å². The van der Waals surface area contributed by atoms with Crippen LogP contribution in [-0.4, -0.2) is 13.7 Å². The number of furan rings is 1. The summed E-state index contributed by atoms with van der Waals surface area (Å²) in [6, 6.07) is 6.67. The van der Waals surface area contributed by atoms with Crippen LogP contribution in [0.2, 0.25) is 0 Å². The van der Waals surface area contributed by atoms with Crippen molar-refractivity contribution in [1.29, 1.82) is 0 Å². The standard InChI is InChI=1S/C17H20BrNO2/c1-10-6-15(11(2)21-10)16(19-3)9-13-8-14(18)7-12-4-5-20-17(12)13/h6-8,16,19H,4-5,9H2,1-3H3. The second-order valence-electron chi connectivity index (χ2n) is 5.57. The van der Waals surface area contributed by atoms with Crippen LogP contribution < -0.4 is 10.1 Å². The third-order valence-corrected chi connectivity index (χ3v) is 4.51. The first-order chi connectivity index (χ1) is 10.1. The number of benzene rings is 1. The van der Waals surface area contributed by atoms with Crippen LogP contribution in [0.3, 0.4) is 0 Å². The van der Waals surface area contributed by atoms with Crippen molar-refractivity contribution in [2.75, 3.05) is 13.7 Å². The molecule has 0 saturated heterocycles. The zero-order valence-electron chi connectivity index (χ0n) is 12.6. The van der Waals surface area contributed by atoms with Crippen LogP contribution in [0.5, 0.6) is 5.75 Å². The molecule has 0 aliphatic carbocycles. The van der Waals surface area contributed by atoms with Gasteiger partial charge in [0, 0.05) is 22.5 Å². The van der Waals surface area contributed by atoms with Crippen LogP contribution in [0, 0.1) is 13.8 Å². The summed E-state index contributed by atoms with van der Waals surface area (Å²) in [5, 5.41) is 3.40. The lowest BCUT2D eigenvalue weighted by Crippen LogP contribution is -2.19. The molecule has 2 aromatic rings.